The fourth-order valence-electron chi connectivity index (χ4n) is 5.27. The highest BCUT2D eigenvalue weighted by atomic mass is 31.2. The van der Waals surface area contributed by atoms with E-state index in [0.29, 0.717) is 11.2 Å². The summed E-state index contributed by atoms with van der Waals surface area (Å²) in [5, 5.41) is 0. The van der Waals surface area contributed by atoms with Gasteiger partial charge in [0, 0.05) is 12.2 Å². The number of aromatic amines is 1. The first-order valence-corrected chi connectivity index (χ1v) is 16.0. The number of rotatable bonds is 2. The van der Waals surface area contributed by atoms with Crippen LogP contribution < -0.4 is 17.0 Å². The molecule has 0 aromatic carbocycles. The summed E-state index contributed by atoms with van der Waals surface area (Å²) >= 11 is 0. The third-order valence-electron chi connectivity index (χ3n) is 7.22. The van der Waals surface area contributed by atoms with Crippen molar-refractivity contribution in [2.24, 2.45) is 0 Å². The van der Waals surface area contributed by atoms with E-state index in [1.54, 1.807) is 0 Å². The Morgan fingerprint density at radius 1 is 1.00 bits per heavy atom. The first-order valence-electron chi connectivity index (χ1n) is 12.9. The summed E-state index contributed by atoms with van der Waals surface area (Å²) in [6, 6.07) is 0. The molecule has 23 heteroatoms. The highest BCUT2D eigenvalue weighted by Gasteiger charge is 2.51. The van der Waals surface area contributed by atoms with Gasteiger partial charge in [0.15, 0.2) is 35.0 Å². The molecule has 2 fully saturated rings. The highest BCUT2D eigenvalue weighted by Crippen LogP contribution is 2.54. The normalized spacial score (nSPS) is 36.9. The number of phosphoric acid groups is 1. The standard InChI is InChI=1S/C21H23FN10O10P2/c22-12-15-8(40-20(12)32-7-28-14-18(32)29-21(24)30-19(14)33)1-2-43(34,35)41-9-3-11(39-10(9)4-38-44(36,37)42-15)31-6-27-13-16(23)25-5-26-17(13)31/h1-2,5-12,15,20H,3-4H2,(H,34,35)(H,36,37)(H2,23,25,26)(H3,24,29,30,33)/b2-1+/t8-,9+,10-,11-,12-,15-,20-/m1/s1. The minimum Gasteiger partial charge on any atom is -0.382 e. The molecule has 4 aromatic rings. The number of phosphoric ester groups is 1. The summed E-state index contributed by atoms with van der Waals surface area (Å²) < 4.78 is 72.1. The van der Waals surface area contributed by atoms with E-state index in [2.05, 4.69) is 29.9 Å². The molecule has 2 saturated heterocycles. The van der Waals surface area contributed by atoms with E-state index in [4.69, 9.17) is 34.5 Å². The molecule has 0 aliphatic carbocycles. The lowest BCUT2D eigenvalue weighted by Gasteiger charge is -2.25. The second-order valence-corrected chi connectivity index (χ2v) is 13.1. The summed E-state index contributed by atoms with van der Waals surface area (Å²) in [4.78, 5) is 55.8. The number of aromatic nitrogens is 8. The first-order chi connectivity index (χ1) is 20.9. The molecule has 0 amide bonds. The molecule has 0 bridgehead atoms. The average Bonchev–Trinajstić information content (AvgIpc) is 3.72. The van der Waals surface area contributed by atoms with E-state index in [9.17, 15) is 23.7 Å². The fraction of sp³-hybridized carbons (Fsp3) is 0.429. The number of nitrogen functional groups attached to an aromatic ring is 2. The minimum atomic E-state index is -5.01. The SMILES string of the molecule is Nc1nc2c(ncn2[C@@H]2O[C@@H]3/C=C/P(=O)(O)O[C@H]4C[C@H](n5cnc6c(N)ncnc65)O[C@@H]4COP(=O)(O)O[C@H]3[C@H]2F)c(=O)[nH]1. The summed E-state index contributed by atoms with van der Waals surface area (Å²) in [5.41, 5.74) is 11.1. The quantitative estimate of drug-likeness (QED) is 0.181. The molecule has 4 aromatic heterocycles. The first kappa shape index (κ1) is 29.1. The maximum Gasteiger partial charge on any atom is 0.472 e. The smallest absolute Gasteiger partial charge is 0.382 e. The molecule has 9 atom stereocenters. The number of hydrogen-bond donors (Lipinski definition) is 5. The Hall–Kier alpha value is -3.65. The number of alkyl halides is 1. The predicted octanol–water partition coefficient (Wildman–Crippen LogP) is 0.247. The van der Waals surface area contributed by atoms with Gasteiger partial charge in [0.2, 0.25) is 5.95 Å². The molecule has 7 heterocycles. The van der Waals surface area contributed by atoms with Crippen molar-refractivity contribution in [1.29, 1.82) is 0 Å². The zero-order valence-corrected chi connectivity index (χ0v) is 23.8. The Balaban J connectivity index is 1.18. The summed E-state index contributed by atoms with van der Waals surface area (Å²) in [5.74, 6) is 0.601. The number of imidazole rings is 2. The van der Waals surface area contributed by atoms with Crippen LogP contribution in [0.4, 0.5) is 16.2 Å². The third-order valence-corrected chi connectivity index (χ3v) is 9.32. The maximum atomic E-state index is 15.9. The van der Waals surface area contributed by atoms with Gasteiger partial charge in [0.1, 0.15) is 42.5 Å². The molecule has 0 radical (unpaired) electrons. The molecule has 0 saturated carbocycles. The van der Waals surface area contributed by atoms with E-state index in [0.717, 1.165) is 22.8 Å². The second-order valence-electron chi connectivity index (χ2n) is 10.0. The van der Waals surface area contributed by atoms with Crippen molar-refractivity contribution in [2.45, 2.75) is 49.5 Å². The van der Waals surface area contributed by atoms with E-state index in [1.807, 2.05) is 0 Å². The minimum absolute atomic E-state index is 0.0292. The lowest BCUT2D eigenvalue weighted by Crippen LogP contribution is -2.32. The largest absolute Gasteiger partial charge is 0.472 e. The lowest BCUT2D eigenvalue weighted by atomic mass is 10.1. The number of nitrogens with zero attached hydrogens (tertiary/aromatic N) is 7. The van der Waals surface area contributed by atoms with Gasteiger partial charge < -0.3 is 30.7 Å². The Morgan fingerprint density at radius 2 is 1.77 bits per heavy atom. The Morgan fingerprint density at radius 3 is 2.59 bits per heavy atom. The van der Waals surface area contributed by atoms with Crippen molar-refractivity contribution in [2.75, 3.05) is 18.1 Å². The van der Waals surface area contributed by atoms with E-state index in [1.165, 1.54) is 17.2 Å². The number of nitrogens with one attached hydrogen (secondary N) is 1. The topological polar surface area (TPSA) is 280 Å². The van der Waals surface area contributed by atoms with Crippen LogP contribution in [-0.4, -0.2) is 86.0 Å². The van der Waals surface area contributed by atoms with E-state index >= 15 is 4.39 Å². The van der Waals surface area contributed by atoms with Gasteiger partial charge in [-0.3, -0.25) is 37.0 Å². The van der Waals surface area contributed by atoms with Crippen molar-refractivity contribution in [3.8, 4) is 0 Å². The molecule has 7 N–H and O–H groups in total. The van der Waals surface area contributed by atoms with Gasteiger partial charge in [-0.25, -0.2) is 28.9 Å². The molecule has 3 aliphatic heterocycles. The van der Waals surface area contributed by atoms with Crippen LogP contribution in [0.1, 0.15) is 18.9 Å². The molecular formula is C21H23FN10O10P2. The summed E-state index contributed by atoms with van der Waals surface area (Å²) in [6.07, 6.45) is -5.69. The van der Waals surface area contributed by atoms with E-state index in [-0.39, 0.29) is 29.4 Å². The van der Waals surface area contributed by atoms with Gasteiger partial charge in [0.05, 0.1) is 19.3 Å². The molecule has 3 aliphatic rings. The predicted molar refractivity (Wildman–Crippen MR) is 144 cm³/mol. The van der Waals surface area contributed by atoms with E-state index < -0.39 is 70.6 Å². The number of anilines is 2. The van der Waals surface area contributed by atoms with Crippen LogP contribution in [0.3, 0.4) is 0 Å². The Kier molecular flexibility index (Phi) is 6.92. The lowest BCUT2D eigenvalue weighted by molar-refractivity contribution is -0.0450. The van der Waals surface area contributed by atoms with Gasteiger partial charge >= 0.3 is 15.4 Å². The van der Waals surface area contributed by atoms with Crippen LogP contribution in [0.5, 0.6) is 0 Å². The maximum absolute atomic E-state index is 15.9. The zero-order chi connectivity index (χ0) is 31.0. The monoisotopic (exact) mass is 656 g/mol. The summed E-state index contributed by atoms with van der Waals surface area (Å²) in [6.45, 7) is -0.654. The Labute approximate surface area is 243 Å². The van der Waals surface area contributed by atoms with Crippen LogP contribution in [0.2, 0.25) is 0 Å². The van der Waals surface area contributed by atoms with Crippen LogP contribution in [0.15, 0.2) is 35.7 Å². The molecule has 2 unspecified atom stereocenters. The van der Waals surface area contributed by atoms with Gasteiger partial charge in [-0.1, -0.05) is 0 Å². The number of nitrogens with two attached hydrogens (primary N) is 2. The van der Waals surface area contributed by atoms with Gasteiger partial charge in [-0.05, 0) is 6.08 Å². The molecule has 44 heavy (non-hydrogen) atoms. The number of H-pyrrole nitrogens is 1. The molecule has 20 nitrogen and oxygen atoms in total. The average molecular weight is 656 g/mol. The van der Waals surface area contributed by atoms with Gasteiger partial charge in [-0.2, -0.15) is 4.98 Å². The van der Waals surface area contributed by atoms with Crippen molar-refractivity contribution in [3.05, 3.63) is 41.2 Å². The van der Waals surface area contributed by atoms with Crippen molar-refractivity contribution in [1.82, 2.24) is 39.0 Å². The number of hydrogen-bond acceptors (Lipinski definition) is 15. The Bertz CT molecular complexity index is 1950. The third kappa shape index (κ3) is 5.11. The summed E-state index contributed by atoms with van der Waals surface area (Å²) in [7, 11) is -9.58. The van der Waals surface area contributed by atoms with Crippen molar-refractivity contribution in [3.63, 3.8) is 0 Å². The highest BCUT2D eigenvalue weighted by molar-refractivity contribution is 7.56. The van der Waals surface area contributed by atoms with Crippen molar-refractivity contribution < 1.29 is 46.4 Å². The van der Waals surface area contributed by atoms with Crippen LogP contribution in [-0.2, 0) is 32.2 Å². The zero-order valence-electron chi connectivity index (χ0n) is 22.1. The van der Waals surface area contributed by atoms with Crippen LogP contribution in [0, 0.1) is 0 Å². The number of ether oxygens (including phenoxy) is 2. The number of fused-ring (bicyclic) bond motifs is 4. The van der Waals surface area contributed by atoms with Gasteiger partial charge in [-0.15, -0.1) is 0 Å². The van der Waals surface area contributed by atoms with Crippen molar-refractivity contribution >= 4 is 49.5 Å². The second kappa shape index (κ2) is 10.5. The molecule has 7 rings (SSSR count). The molecular weight excluding hydrogens is 633 g/mol. The fourth-order valence-corrected chi connectivity index (χ4v) is 7.27. The number of halogens is 1. The van der Waals surface area contributed by atoms with Crippen LogP contribution in [0.25, 0.3) is 22.3 Å². The van der Waals surface area contributed by atoms with Crippen LogP contribution >= 0.6 is 15.4 Å². The van der Waals surface area contributed by atoms with Gasteiger partial charge in [0.25, 0.3) is 5.56 Å². The molecule has 0 spiro atoms. The molecule has 234 valence electrons.